The van der Waals surface area contributed by atoms with Crippen molar-refractivity contribution in [3.63, 3.8) is 0 Å². The van der Waals surface area contributed by atoms with Gasteiger partial charge in [-0.25, -0.2) is 13.2 Å². The summed E-state index contributed by atoms with van der Waals surface area (Å²) in [6.45, 7) is 0. The van der Waals surface area contributed by atoms with E-state index < -0.39 is 17.5 Å². The third-order valence-corrected chi connectivity index (χ3v) is 8.40. The normalized spacial score (nSPS) is 11.6. The van der Waals surface area contributed by atoms with Crippen molar-refractivity contribution >= 4 is 43.1 Å². The summed E-state index contributed by atoms with van der Waals surface area (Å²) in [5.74, 6) is -2.81. The molecule has 0 saturated heterocycles. The molecule has 8 aromatic carbocycles. The number of rotatable bonds is 3. The molecule has 0 aliphatic carbocycles. The summed E-state index contributed by atoms with van der Waals surface area (Å²) >= 11 is 0. The highest BCUT2D eigenvalue weighted by Gasteiger charge is 2.20. The molecule has 0 aliphatic rings. The molecule has 0 spiro atoms. The summed E-state index contributed by atoms with van der Waals surface area (Å²) in [6, 6.07) is 44.5. The molecule has 0 unspecified atom stereocenters. The van der Waals surface area contributed by atoms with Crippen LogP contribution in [0.3, 0.4) is 0 Å². The zero-order valence-corrected chi connectivity index (χ0v) is 22.9. The van der Waals surface area contributed by atoms with Crippen LogP contribution in [0.25, 0.3) is 76.5 Å². The van der Waals surface area contributed by atoms with Gasteiger partial charge in [-0.05, 0) is 89.1 Å². The van der Waals surface area contributed by atoms with Crippen LogP contribution in [0.5, 0.6) is 0 Å². The lowest BCUT2D eigenvalue weighted by molar-refractivity contribution is 0.548. The molecule has 0 nitrogen and oxygen atoms in total. The highest BCUT2D eigenvalue weighted by Crippen LogP contribution is 2.46. The smallest absolute Gasteiger partial charge is 0.136 e. The minimum Gasteiger partial charge on any atom is -0.207 e. The highest BCUT2D eigenvalue weighted by atomic mass is 19.1. The monoisotopic (exact) mass is 560 g/mol. The van der Waals surface area contributed by atoms with Crippen LogP contribution in [-0.2, 0) is 0 Å². The lowest BCUT2D eigenvalue weighted by Gasteiger charge is -2.19. The van der Waals surface area contributed by atoms with Crippen LogP contribution in [-0.4, -0.2) is 0 Å². The van der Waals surface area contributed by atoms with Gasteiger partial charge in [-0.2, -0.15) is 0 Å². The van der Waals surface area contributed by atoms with E-state index in [-0.39, 0.29) is 5.56 Å². The molecule has 43 heavy (non-hydrogen) atoms. The maximum absolute atomic E-state index is 15.1. The highest BCUT2D eigenvalue weighted by molar-refractivity contribution is 6.22. The van der Waals surface area contributed by atoms with Crippen LogP contribution in [0.1, 0.15) is 0 Å². The Morgan fingerprint density at radius 2 is 0.721 bits per heavy atom. The van der Waals surface area contributed by atoms with Gasteiger partial charge in [-0.3, -0.25) is 0 Å². The Labute approximate surface area is 246 Å². The van der Waals surface area contributed by atoms with Crippen molar-refractivity contribution in [1.82, 2.24) is 0 Å². The van der Waals surface area contributed by atoms with Gasteiger partial charge < -0.3 is 0 Å². The number of benzene rings is 8. The van der Waals surface area contributed by atoms with Crippen LogP contribution >= 0.6 is 0 Å². The first kappa shape index (κ1) is 25.3. The minimum absolute atomic E-state index is 0.242. The second-order valence-corrected chi connectivity index (χ2v) is 10.9. The molecule has 0 saturated carbocycles. The Kier molecular flexibility index (Phi) is 5.80. The van der Waals surface area contributed by atoms with Crippen LogP contribution < -0.4 is 0 Å². The van der Waals surface area contributed by atoms with E-state index in [1.807, 2.05) is 48.5 Å². The zero-order valence-electron chi connectivity index (χ0n) is 22.9. The fourth-order valence-corrected chi connectivity index (χ4v) is 6.46. The van der Waals surface area contributed by atoms with E-state index in [9.17, 15) is 4.39 Å². The predicted octanol–water partition coefficient (Wildman–Crippen LogP) is 11.7. The van der Waals surface area contributed by atoms with Crippen LogP contribution in [0.4, 0.5) is 13.2 Å². The molecular weight excluding hydrogens is 537 g/mol. The largest absolute Gasteiger partial charge is 0.207 e. The van der Waals surface area contributed by atoms with E-state index in [1.54, 1.807) is 6.07 Å². The van der Waals surface area contributed by atoms with Crippen LogP contribution in [0.15, 0.2) is 140 Å². The number of halogens is 3. The van der Waals surface area contributed by atoms with E-state index in [0.29, 0.717) is 5.56 Å². The number of fused-ring (bicyclic) bond motifs is 4. The van der Waals surface area contributed by atoms with Gasteiger partial charge in [0.25, 0.3) is 0 Å². The van der Waals surface area contributed by atoms with Gasteiger partial charge in [-0.1, -0.05) is 109 Å². The predicted molar refractivity (Wildman–Crippen MR) is 173 cm³/mol. The lowest BCUT2D eigenvalue weighted by atomic mass is 9.84. The van der Waals surface area contributed by atoms with Crippen molar-refractivity contribution in [3.05, 3.63) is 157 Å². The number of hydrogen-bond acceptors (Lipinski definition) is 0. The van der Waals surface area contributed by atoms with E-state index in [4.69, 9.17) is 0 Å². The van der Waals surface area contributed by atoms with Gasteiger partial charge in [0, 0.05) is 12.1 Å². The van der Waals surface area contributed by atoms with E-state index in [1.165, 1.54) is 0 Å². The Balaban J connectivity index is 1.52. The van der Waals surface area contributed by atoms with E-state index in [2.05, 4.69) is 72.8 Å². The van der Waals surface area contributed by atoms with Gasteiger partial charge >= 0.3 is 0 Å². The van der Waals surface area contributed by atoms with Crippen molar-refractivity contribution in [2.75, 3.05) is 0 Å². The van der Waals surface area contributed by atoms with Crippen LogP contribution in [0, 0.1) is 17.5 Å². The molecule has 0 heterocycles. The van der Waals surface area contributed by atoms with Gasteiger partial charge in [-0.15, -0.1) is 0 Å². The maximum atomic E-state index is 15.1. The fraction of sp³-hybridized carbons (Fsp3) is 0. The zero-order chi connectivity index (χ0) is 29.1. The number of hydrogen-bond donors (Lipinski definition) is 0. The molecule has 8 rings (SSSR count). The molecule has 0 bridgehead atoms. The molecule has 0 aromatic heterocycles. The van der Waals surface area contributed by atoms with Crippen molar-refractivity contribution in [2.45, 2.75) is 0 Å². The average Bonchev–Trinajstić information content (AvgIpc) is 3.02. The summed E-state index contributed by atoms with van der Waals surface area (Å²) in [7, 11) is 0. The molecule has 0 N–H and O–H groups in total. The SMILES string of the molecule is Fc1cc(F)c(-c2ccc3c(-c4ccc5ccccc5c4)c4ccccc4c(-c4ccc5ccccc5c4)c3c2)c(F)c1. The summed E-state index contributed by atoms with van der Waals surface area (Å²) in [6.07, 6.45) is 0. The van der Waals surface area contributed by atoms with Gasteiger partial charge in [0.2, 0.25) is 0 Å². The summed E-state index contributed by atoms with van der Waals surface area (Å²) in [5.41, 5.74) is 4.19. The Morgan fingerprint density at radius 1 is 0.302 bits per heavy atom. The van der Waals surface area contributed by atoms with Gasteiger partial charge in [0.15, 0.2) is 0 Å². The van der Waals surface area contributed by atoms with Crippen molar-refractivity contribution < 1.29 is 13.2 Å². The first-order valence-electron chi connectivity index (χ1n) is 14.2. The van der Waals surface area contributed by atoms with Crippen LogP contribution in [0.2, 0.25) is 0 Å². The molecule has 3 heteroatoms. The molecular formula is C40H23F3. The summed E-state index contributed by atoms with van der Waals surface area (Å²) in [5, 5.41) is 8.44. The van der Waals surface area contributed by atoms with Crippen molar-refractivity contribution in [3.8, 4) is 33.4 Å². The molecule has 0 fully saturated rings. The molecule has 204 valence electrons. The van der Waals surface area contributed by atoms with Gasteiger partial charge in [0.1, 0.15) is 17.5 Å². The molecule has 0 radical (unpaired) electrons. The van der Waals surface area contributed by atoms with Gasteiger partial charge in [0.05, 0.1) is 5.56 Å². The van der Waals surface area contributed by atoms with Crippen molar-refractivity contribution in [1.29, 1.82) is 0 Å². The lowest BCUT2D eigenvalue weighted by Crippen LogP contribution is -1.95. The first-order valence-corrected chi connectivity index (χ1v) is 14.2. The van der Waals surface area contributed by atoms with E-state index >= 15 is 8.78 Å². The second kappa shape index (κ2) is 9.85. The third kappa shape index (κ3) is 4.16. The summed E-state index contributed by atoms with van der Waals surface area (Å²) < 4.78 is 44.0. The first-order chi connectivity index (χ1) is 21.0. The van der Waals surface area contributed by atoms with Crippen molar-refractivity contribution in [2.24, 2.45) is 0 Å². The Bertz CT molecular complexity index is 2360. The molecule has 0 atom stereocenters. The molecule has 0 aliphatic heterocycles. The standard InChI is InChI=1S/C40H23F3/c41-31-22-36(42)40(37(43)23-31)30-17-18-34-35(21-30)39(29-16-14-25-8-2-4-10-27(25)20-29)33-12-6-5-11-32(33)38(34)28-15-13-24-7-1-3-9-26(24)19-28/h1-23H. The fourth-order valence-electron chi connectivity index (χ4n) is 6.46. The quantitative estimate of drug-likeness (QED) is 0.189. The third-order valence-electron chi connectivity index (χ3n) is 8.40. The molecule has 8 aromatic rings. The van der Waals surface area contributed by atoms with E-state index in [0.717, 1.165) is 77.5 Å². The molecule has 0 amide bonds. The minimum atomic E-state index is -0.944. The average molecular weight is 561 g/mol. The maximum Gasteiger partial charge on any atom is 0.136 e. The summed E-state index contributed by atoms with van der Waals surface area (Å²) in [4.78, 5) is 0. The Hall–Kier alpha value is -5.41. The topological polar surface area (TPSA) is 0 Å². The second-order valence-electron chi connectivity index (χ2n) is 10.9. The Morgan fingerprint density at radius 3 is 1.28 bits per heavy atom.